The van der Waals surface area contributed by atoms with Crippen LogP contribution in [-0.2, 0) is 0 Å². The molecular weight excluding hydrogens is 467 g/mol. The topological polar surface area (TPSA) is 85.9 Å². The van der Waals surface area contributed by atoms with Crippen LogP contribution in [0.4, 0.5) is 0 Å². The molecular formula is C24H22Cl2N2O5. The molecule has 0 saturated carbocycles. The molecule has 0 atom stereocenters. The predicted octanol–water partition coefficient (Wildman–Crippen LogP) is 4.88. The molecule has 0 aromatic heterocycles. The number of methoxy groups -OCH3 is 3. The number of carbonyl (C=O) groups is 2. The minimum absolute atomic E-state index is 0.331. The van der Waals surface area contributed by atoms with Gasteiger partial charge in [0.05, 0.1) is 21.3 Å². The van der Waals surface area contributed by atoms with Gasteiger partial charge >= 0.3 is 0 Å². The summed E-state index contributed by atoms with van der Waals surface area (Å²) in [6.45, 7) is 0. The average molecular weight is 489 g/mol. The average Bonchev–Trinajstić information content (AvgIpc) is 2.82. The van der Waals surface area contributed by atoms with E-state index in [1.807, 2.05) is 0 Å². The zero-order valence-electron chi connectivity index (χ0n) is 18.1. The first-order valence-electron chi connectivity index (χ1n) is 9.79. The van der Waals surface area contributed by atoms with E-state index in [0.29, 0.717) is 44.0 Å². The van der Waals surface area contributed by atoms with Gasteiger partial charge in [-0.3, -0.25) is 9.59 Å². The molecule has 7 nitrogen and oxygen atoms in total. The molecule has 0 saturated heterocycles. The largest absolute Gasteiger partial charge is 0.493 e. The van der Waals surface area contributed by atoms with Crippen LogP contribution in [0.15, 0.2) is 60.7 Å². The molecule has 0 bridgehead atoms. The smallest absolute Gasteiger partial charge is 0.253 e. The van der Waals surface area contributed by atoms with E-state index in [4.69, 9.17) is 37.4 Å². The Morgan fingerprint density at radius 3 is 1.55 bits per heavy atom. The third-order valence-electron chi connectivity index (χ3n) is 4.74. The second-order valence-electron chi connectivity index (χ2n) is 6.86. The Bertz CT molecular complexity index is 1080. The molecule has 0 fully saturated rings. The van der Waals surface area contributed by atoms with Gasteiger partial charge in [0.15, 0.2) is 11.5 Å². The lowest BCUT2D eigenvalue weighted by Crippen LogP contribution is -2.41. The fourth-order valence-corrected chi connectivity index (χ4v) is 3.54. The molecule has 9 heteroatoms. The fourth-order valence-electron chi connectivity index (χ4n) is 3.16. The van der Waals surface area contributed by atoms with Crippen LogP contribution in [0.2, 0.25) is 10.0 Å². The van der Waals surface area contributed by atoms with Crippen molar-refractivity contribution in [2.24, 2.45) is 0 Å². The van der Waals surface area contributed by atoms with Gasteiger partial charge in [-0.1, -0.05) is 35.3 Å². The Morgan fingerprint density at radius 2 is 1.18 bits per heavy atom. The minimum atomic E-state index is -0.948. The molecule has 3 rings (SSSR count). The van der Waals surface area contributed by atoms with E-state index in [2.05, 4.69) is 10.6 Å². The Kier molecular flexibility index (Phi) is 8.03. The van der Waals surface area contributed by atoms with Crippen LogP contribution in [0.5, 0.6) is 17.2 Å². The van der Waals surface area contributed by atoms with Crippen molar-refractivity contribution in [2.45, 2.75) is 6.17 Å². The molecule has 33 heavy (non-hydrogen) atoms. The number of ether oxygens (including phenoxy) is 3. The maximum atomic E-state index is 13.0. The molecule has 2 amide bonds. The van der Waals surface area contributed by atoms with Crippen LogP contribution in [-0.4, -0.2) is 33.1 Å². The number of hydrogen-bond acceptors (Lipinski definition) is 5. The highest BCUT2D eigenvalue weighted by atomic mass is 35.5. The standard InChI is InChI=1S/C24H22Cl2N2O5/c1-31-19-12-16(13-20(32-2)21(19)33-3)22(27-23(29)14-6-4-8-17(25)10-14)28-24(30)15-7-5-9-18(26)11-15/h4-13,22H,1-3H3,(H,27,29)(H,28,30). The van der Waals surface area contributed by atoms with Gasteiger partial charge in [0.1, 0.15) is 6.17 Å². The molecule has 3 aromatic carbocycles. The number of halogens is 2. The van der Waals surface area contributed by atoms with E-state index >= 15 is 0 Å². The number of benzene rings is 3. The van der Waals surface area contributed by atoms with Crippen molar-refractivity contribution in [2.75, 3.05) is 21.3 Å². The van der Waals surface area contributed by atoms with Crippen molar-refractivity contribution >= 4 is 35.0 Å². The summed E-state index contributed by atoms with van der Waals surface area (Å²) < 4.78 is 16.2. The van der Waals surface area contributed by atoms with Crippen molar-refractivity contribution in [3.63, 3.8) is 0 Å². The van der Waals surface area contributed by atoms with Crippen molar-refractivity contribution in [1.29, 1.82) is 0 Å². The molecule has 0 aliphatic rings. The molecule has 2 N–H and O–H groups in total. The first kappa shape index (κ1) is 24.2. The van der Waals surface area contributed by atoms with E-state index in [9.17, 15) is 9.59 Å². The van der Waals surface area contributed by atoms with Crippen LogP contribution < -0.4 is 24.8 Å². The van der Waals surface area contributed by atoms with Crippen molar-refractivity contribution < 1.29 is 23.8 Å². The molecule has 3 aromatic rings. The van der Waals surface area contributed by atoms with Gasteiger partial charge in [0.2, 0.25) is 5.75 Å². The Balaban J connectivity index is 2.01. The first-order chi connectivity index (χ1) is 15.9. The van der Waals surface area contributed by atoms with Crippen LogP contribution in [0, 0.1) is 0 Å². The molecule has 172 valence electrons. The van der Waals surface area contributed by atoms with Crippen LogP contribution in [0.3, 0.4) is 0 Å². The number of hydrogen-bond donors (Lipinski definition) is 2. The Hall–Kier alpha value is -3.42. The number of nitrogens with one attached hydrogen (secondary N) is 2. The number of rotatable bonds is 8. The third kappa shape index (κ3) is 5.88. The maximum Gasteiger partial charge on any atom is 0.253 e. The van der Waals surface area contributed by atoms with Crippen LogP contribution >= 0.6 is 23.2 Å². The minimum Gasteiger partial charge on any atom is -0.493 e. The van der Waals surface area contributed by atoms with Gasteiger partial charge in [-0.05, 0) is 48.5 Å². The monoisotopic (exact) mass is 488 g/mol. The van der Waals surface area contributed by atoms with Crippen molar-refractivity contribution in [1.82, 2.24) is 10.6 Å². The summed E-state index contributed by atoms with van der Waals surface area (Å²) in [5.41, 5.74) is 1.16. The van der Waals surface area contributed by atoms with Crippen LogP contribution in [0.1, 0.15) is 32.4 Å². The lowest BCUT2D eigenvalue weighted by molar-refractivity contribution is 0.0883. The van der Waals surface area contributed by atoms with Gasteiger partial charge in [-0.25, -0.2) is 0 Å². The fraction of sp³-hybridized carbons (Fsp3) is 0.167. The summed E-state index contributed by atoms with van der Waals surface area (Å²) in [4.78, 5) is 25.9. The first-order valence-corrected chi connectivity index (χ1v) is 10.5. The summed E-state index contributed by atoms with van der Waals surface area (Å²) >= 11 is 12.0. The van der Waals surface area contributed by atoms with Gasteiger partial charge < -0.3 is 24.8 Å². The number of carbonyl (C=O) groups excluding carboxylic acids is 2. The summed E-state index contributed by atoms with van der Waals surface area (Å²) in [6, 6.07) is 16.2. The summed E-state index contributed by atoms with van der Waals surface area (Å²) in [5.74, 6) is 0.229. The Morgan fingerprint density at radius 1 is 0.727 bits per heavy atom. The SMILES string of the molecule is COc1cc(C(NC(=O)c2cccc(Cl)c2)NC(=O)c2cccc(Cl)c2)cc(OC)c1OC. The summed E-state index contributed by atoms with van der Waals surface area (Å²) in [5, 5.41) is 6.46. The number of amides is 2. The van der Waals surface area contributed by atoms with E-state index in [-0.39, 0.29) is 0 Å². The molecule has 0 radical (unpaired) electrons. The van der Waals surface area contributed by atoms with Crippen molar-refractivity contribution in [3.8, 4) is 17.2 Å². The summed E-state index contributed by atoms with van der Waals surface area (Å²) in [6.07, 6.45) is -0.948. The normalized spacial score (nSPS) is 10.5. The second kappa shape index (κ2) is 10.9. The highest BCUT2D eigenvalue weighted by Gasteiger charge is 2.23. The van der Waals surface area contributed by atoms with Gasteiger partial charge in [-0.2, -0.15) is 0 Å². The highest BCUT2D eigenvalue weighted by Crippen LogP contribution is 2.39. The van der Waals surface area contributed by atoms with Crippen molar-refractivity contribution in [3.05, 3.63) is 87.4 Å². The second-order valence-corrected chi connectivity index (χ2v) is 7.73. The molecule has 0 spiro atoms. The Labute approximate surface area is 201 Å². The van der Waals surface area contributed by atoms with E-state index in [0.717, 1.165) is 0 Å². The van der Waals surface area contributed by atoms with Gasteiger partial charge in [0, 0.05) is 26.7 Å². The molecule has 0 aliphatic carbocycles. The quantitative estimate of drug-likeness (QED) is 0.441. The van der Waals surface area contributed by atoms with Gasteiger partial charge in [-0.15, -0.1) is 0 Å². The zero-order valence-corrected chi connectivity index (χ0v) is 19.7. The summed E-state index contributed by atoms with van der Waals surface area (Å²) in [7, 11) is 4.44. The lowest BCUT2D eigenvalue weighted by Gasteiger charge is -2.23. The van der Waals surface area contributed by atoms with E-state index in [1.54, 1.807) is 48.5 Å². The third-order valence-corrected chi connectivity index (χ3v) is 5.22. The molecule has 0 aliphatic heterocycles. The van der Waals surface area contributed by atoms with Crippen LogP contribution in [0.25, 0.3) is 0 Å². The molecule has 0 heterocycles. The maximum absolute atomic E-state index is 13.0. The predicted molar refractivity (Wildman–Crippen MR) is 127 cm³/mol. The zero-order chi connectivity index (χ0) is 24.0. The van der Waals surface area contributed by atoms with E-state index in [1.165, 1.54) is 33.5 Å². The van der Waals surface area contributed by atoms with E-state index < -0.39 is 18.0 Å². The van der Waals surface area contributed by atoms with Gasteiger partial charge in [0.25, 0.3) is 11.8 Å². The highest BCUT2D eigenvalue weighted by molar-refractivity contribution is 6.31. The lowest BCUT2D eigenvalue weighted by atomic mass is 10.1. The molecule has 0 unspecified atom stereocenters.